The van der Waals surface area contributed by atoms with Crippen LogP contribution in [0.5, 0.6) is 0 Å². The molecule has 0 saturated heterocycles. The van der Waals surface area contributed by atoms with Gasteiger partial charge in [0.25, 0.3) is 0 Å². The Morgan fingerprint density at radius 1 is 1.32 bits per heavy atom. The van der Waals surface area contributed by atoms with Crippen LogP contribution in [0.1, 0.15) is 18.2 Å². The van der Waals surface area contributed by atoms with Crippen molar-refractivity contribution in [2.24, 2.45) is 0 Å². The lowest BCUT2D eigenvalue weighted by Crippen LogP contribution is -2.17. The second kappa shape index (κ2) is 6.98. The second-order valence-electron chi connectivity index (χ2n) is 4.35. The highest BCUT2D eigenvalue weighted by Crippen LogP contribution is 2.21. The minimum absolute atomic E-state index is 0.798. The molecule has 0 aliphatic carbocycles. The lowest BCUT2D eigenvalue weighted by atomic mass is 10.3. The lowest BCUT2D eigenvalue weighted by molar-refractivity contribution is 0.315. The van der Waals surface area contributed by atoms with Gasteiger partial charge in [-0.05, 0) is 46.9 Å². The monoisotopic (exact) mass is 340 g/mol. The Labute approximate surface area is 126 Å². The molecule has 0 amide bonds. The van der Waals surface area contributed by atoms with Gasteiger partial charge >= 0.3 is 0 Å². The van der Waals surface area contributed by atoms with E-state index in [4.69, 9.17) is 0 Å². The van der Waals surface area contributed by atoms with Crippen molar-refractivity contribution in [2.75, 3.05) is 18.9 Å². The predicted molar refractivity (Wildman–Crippen MR) is 83.4 cm³/mol. The first-order valence-corrected chi connectivity index (χ1v) is 7.81. The topological polar surface area (TPSA) is 41.1 Å². The van der Waals surface area contributed by atoms with Crippen molar-refractivity contribution < 1.29 is 0 Å². The highest BCUT2D eigenvalue weighted by molar-refractivity contribution is 9.11. The second-order valence-corrected chi connectivity index (χ2v) is 6.65. The third-order valence-corrected chi connectivity index (χ3v) is 4.12. The molecular weight excluding hydrogens is 324 g/mol. The quantitative estimate of drug-likeness (QED) is 0.875. The van der Waals surface area contributed by atoms with Gasteiger partial charge in [-0.15, -0.1) is 11.3 Å². The molecule has 0 radical (unpaired) electrons. The molecule has 102 valence electrons. The third kappa shape index (κ3) is 4.56. The van der Waals surface area contributed by atoms with Crippen LogP contribution >= 0.6 is 27.3 Å². The Hall–Kier alpha value is -0.980. The first kappa shape index (κ1) is 14.4. The molecule has 0 aliphatic heterocycles. The summed E-state index contributed by atoms with van der Waals surface area (Å²) >= 11 is 5.20. The van der Waals surface area contributed by atoms with Crippen LogP contribution in [0.3, 0.4) is 0 Å². The first-order chi connectivity index (χ1) is 9.17. The number of nitrogens with zero attached hydrogens (tertiary/aromatic N) is 3. The van der Waals surface area contributed by atoms with E-state index in [1.165, 1.54) is 9.35 Å². The van der Waals surface area contributed by atoms with Crippen molar-refractivity contribution in [3.63, 3.8) is 0 Å². The first-order valence-electron chi connectivity index (χ1n) is 6.13. The fourth-order valence-electron chi connectivity index (χ4n) is 1.78. The van der Waals surface area contributed by atoms with E-state index in [1.807, 2.05) is 13.1 Å². The molecule has 19 heavy (non-hydrogen) atoms. The normalized spacial score (nSPS) is 10.9. The minimum atomic E-state index is 0.798. The average molecular weight is 341 g/mol. The molecule has 2 rings (SSSR count). The maximum Gasteiger partial charge on any atom is 0.144 e. The van der Waals surface area contributed by atoms with Gasteiger partial charge in [0.15, 0.2) is 0 Å². The van der Waals surface area contributed by atoms with Gasteiger partial charge < -0.3 is 5.32 Å². The standard InChI is InChI=1S/C13H17BrN4S/c1-3-15-13-6-16-11(5-17-13)8-18(2)7-10-4-12(14)19-9-10/h4-6,9H,3,7-8H2,1-2H3,(H,15,17). The van der Waals surface area contributed by atoms with Crippen LogP contribution in [0.4, 0.5) is 5.82 Å². The van der Waals surface area contributed by atoms with E-state index in [2.05, 4.69) is 54.6 Å². The van der Waals surface area contributed by atoms with E-state index in [0.717, 1.165) is 31.1 Å². The van der Waals surface area contributed by atoms with Crippen LogP contribution in [-0.2, 0) is 13.1 Å². The molecule has 6 heteroatoms. The van der Waals surface area contributed by atoms with Crippen LogP contribution in [0.15, 0.2) is 27.6 Å². The molecule has 2 aromatic rings. The van der Waals surface area contributed by atoms with E-state index in [-0.39, 0.29) is 0 Å². The zero-order chi connectivity index (χ0) is 13.7. The molecule has 0 saturated carbocycles. The third-order valence-electron chi connectivity index (χ3n) is 2.57. The summed E-state index contributed by atoms with van der Waals surface area (Å²) in [5.74, 6) is 0.829. The summed E-state index contributed by atoms with van der Waals surface area (Å²) in [5, 5.41) is 5.31. The highest BCUT2D eigenvalue weighted by Gasteiger charge is 2.05. The molecule has 0 bridgehead atoms. The number of rotatable bonds is 6. The highest BCUT2D eigenvalue weighted by atomic mass is 79.9. The summed E-state index contributed by atoms with van der Waals surface area (Å²) in [4.78, 5) is 11.0. The number of aromatic nitrogens is 2. The van der Waals surface area contributed by atoms with Gasteiger partial charge in [0.05, 0.1) is 21.9 Å². The number of thiophene rings is 1. The molecule has 2 aromatic heterocycles. The molecule has 4 nitrogen and oxygen atoms in total. The zero-order valence-corrected chi connectivity index (χ0v) is 13.5. The van der Waals surface area contributed by atoms with E-state index in [9.17, 15) is 0 Å². The molecule has 2 heterocycles. The number of anilines is 1. The molecule has 0 fully saturated rings. The molecule has 0 aromatic carbocycles. The molecule has 0 atom stereocenters. The van der Waals surface area contributed by atoms with Gasteiger partial charge in [0.1, 0.15) is 5.82 Å². The van der Waals surface area contributed by atoms with Crippen LogP contribution in [0.2, 0.25) is 0 Å². The van der Waals surface area contributed by atoms with Crippen molar-refractivity contribution in [3.8, 4) is 0 Å². The van der Waals surface area contributed by atoms with Crippen molar-refractivity contribution in [1.82, 2.24) is 14.9 Å². The largest absolute Gasteiger partial charge is 0.369 e. The summed E-state index contributed by atoms with van der Waals surface area (Å²) in [6, 6.07) is 2.15. The summed E-state index contributed by atoms with van der Waals surface area (Å²) in [5.41, 5.74) is 2.30. The van der Waals surface area contributed by atoms with Gasteiger partial charge in [-0.2, -0.15) is 0 Å². The SMILES string of the molecule is CCNc1cnc(CN(C)Cc2csc(Br)c2)cn1. The van der Waals surface area contributed by atoms with Crippen LogP contribution in [0.25, 0.3) is 0 Å². The lowest BCUT2D eigenvalue weighted by Gasteiger charge is -2.15. The van der Waals surface area contributed by atoms with E-state index in [1.54, 1.807) is 17.5 Å². The van der Waals surface area contributed by atoms with Gasteiger partial charge in [0.2, 0.25) is 0 Å². The van der Waals surface area contributed by atoms with E-state index >= 15 is 0 Å². The fraction of sp³-hybridized carbons (Fsp3) is 0.385. The maximum absolute atomic E-state index is 4.41. The Balaban J connectivity index is 1.89. The number of halogens is 1. The Morgan fingerprint density at radius 3 is 2.74 bits per heavy atom. The van der Waals surface area contributed by atoms with Crippen molar-refractivity contribution in [1.29, 1.82) is 0 Å². The maximum atomic E-state index is 4.41. The molecule has 1 N–H and O–H groups in total. The van der Waals surface area contributed by atoms with Crippen LogP contribution in [0, 0.1) is 0 Å². The summed E-state index contributed by atoms with van der Waals surface area (Å²) in [6.07, 6.45) is 3.62. The molecule has 0 aliphatic rings. The Bertz CT molecular complexity index is 512. The predicted octanol–water partition coefficient (Wildman–Crippen LogP) is 3.36. The van der Waals surface area contributed by atoms with E-state index < -0.39 is 0 Å². The smallest absolute Gasteiger partial charge is 0.144 e. The molecule has 0 spiro atoms. The van der Waals surface area contributed by atoms with Gasteiger partial charge in [0, 0.05) is 19.6 Å². The van der Waals surface area contributed by atoms with Gasteiger partial charge in [-0.25, -0.2) is 4.98 Å². The Morgan fingerprint density at radius 2 is 2.16 bits per heavy atom. The zero-order valence-electron chi connectivity index (χ0n) is 11.1. The average Bonchev–Trinajstić information content (AvgIpc) is 2.77. The van der Waals surface area contributed by atoms with Crippen LogP contribution in [-0.4, -0.2) is 28.5 Å². The van der Waals surface area contributed by atoms with Crippen LogP contribution < -0.4 is 5.32 Å². The van der Waals surface area contributed by atoms with Gasteiger partial charge in [-0.3, -0.25) is 9.88 Å². The van der Waals surface area contributed by atoms with Gasteiger partial charge in [-0.1, -0.05) is 0 Å². The van der Waals surface area contributed by atoms with Crippen molar-refractivity contribution in [2.45, 2.75) is 20.0 Å². The van der Waals surface area contributed by atoms with E-state index in [0.29, 0.717) is 0 Å². The minimum Gasteiger partial charge on any atom is -0.369 e. The summed E-state index contributed by atoms with van der Waals surface area (Å²) in [7, 11) is 2.09. The molecular formula is C13H17BrN4S. The van der Waals surface area contributed by atoms with Crippen molar-refractivity contribution >= 4 is 33.1 Å². The molecule has 0 unspecified atom stereocenters. The number of hydrogen-bond donors (Lipinski definition) is 1. The van der Waals surface area contributed by atoms with Crippen molar-refractivity contribution in [3.05, 3.63) is 38.9 Å². The summed E-state index contributed by atoms with van der Waals surface area (Å²) in [6.45, 7) is 4.62. The fourth-order valence-corrected chi connectivity index (χ4v) is 2.98. The number of hydrogen-bond acceptors (Lipinski definition) is 5. The summed E-state index contributed by atoms with van der Waals surface area (Å²) < 4.78 is 1.17. The Kier molecular flexibility index (Phi) is 5.30. The number of nitrogens with one attached hydrogen (secondary N) is 1.